The number of hydrogen-bond donors (Lipinski definition) is 1. The molecule has 2 aliphatic rings. The molecule has 27 heavy (non-hydrogen) atoms. The van der Waals surface area contributed by atoms with Gasteiger partial charge in [-0.15, -0.1) is 0 Å². The monoisotopic (exact) mass is 394 g/mol. The Morgan fingerprint density at radius 1 is 1.15 bits per heavy atom. The van der Waals surface area contributed by atoms with E-state index in [2.05, 4.69) is 10.2 Å². The number of carbonyl (C=O) groups is 1. The van der Waals surface area contributed by atoms with Crippen LogP contribution in [-0.4, -0.2) is 86.8 Å². The first-order valence-electron chi connectivity index (χ1n) is 9.63. The van der Waals surface area contributed by atoms with Crippen molar-refractivity contribution in [3.05, 3.63) is 29.8 Å². The number of likely N-dealkylation sites (tertiary alicyclic amines) is 1. The van der Waals surface area contributed by atoms with Crippen LogP contribution in [0.2, 0.25) is 0 Å². The minimum atomic E-state index is -3.53. The number of piperazine rings is 1. The van der Waals surface area contributed by atoms with E-state index in [4.69, 9.17) is 0 Å². The molecule has 8 heteroatoms. The summed E-state index contributed by atoms with van der Waals surface area (Å²) in [5, 5.41) is 3.36. The fraction of sp³-hybridized carbons (Fsp3) is 0.632. The predicted molar refractivity (Wildman–Crippen MR) is 105 cm³/mol. The van der Waals surface area contributed by atoms with E-state index in [0.29, 0.717) is 11.6 Å². The maximum Gasteiger partial charge on any atom is 0.253 e. The Morgan fingerprint density at radius 3 is 2.37 bits per heavy atom. The summed E-state index contributed by atoms with van der Waals surface area (Å²) in [6.45, 7) is 9.23. The Morgan fingerprint density at radius 2 is 1.78 bits per heavy atom. The fourth-order valence-corrected chi connectivity index (χ4v) is 5.04. The molecule has 1 amide bonds. The zero-order valence-electron chi connectivity index (χ0n) is 16.4. The molecule has 1 N–H and O–H groups in total. The van der Waals surface area contributed by atoms with Gasteiger partial charge in [-0.1, -0.05) is 0 Å². The van der Waals surface area contributed by atoms with Crippen LogP contribution in [0.3, 0.4) is 0 Å². The Balaban J connectivity index is 1.66. The zero-order chi connectivity index (χ0) is 19.6. The molecule has 2 fully saturated rings. The lowest BCUT2D eigenvalue weighted by atomic mass is 10.2. The first kappa shape index (κ1) is 20.3. The van der Waals surface area contributed by atoms with Crippen LogP contribution in [0, 0.1) is 0 Å². The number of benzene rings is 1. The highest BCUT2D eigenvalue weighted by molar-refractivity contribution is 7.89. The SMILES string of the molecule is CC(C)N(C)S(=O)(=O)c1ccc(C(=O)N2CCC(N3CCNCC3)C2)cc1. The van der Waals surface area contributed by atoms with Gasteiger partial charge in [-0.25, -0.2) is 8.42 Å². The van der Waals surface area contributed by atoms with Gasteiger partial charge < -0.3 is 10.2 Å². The van der Waals surface area contributed by atoms with Gasteiger partial charge in [-0.3, -0.25) is 9.69 Å². The molecular weight excluding hydrogens is 364 g/mol. The number of carbonyl (C=O) groups excluding carboxylic acids is 1. The Hall–Kier alpha value is -1.48. The third kappa shape index (κ3) is 4.34. The van der Waals surface area contributed by atoms with Gasteiger partial charge in [0.25, 0.3) is 5.91 Å². The molecule has 150 valence electrons. The lowest BCUT2D eigenvalue weighted by molar-refractivity contribution is 0.0773. The summed E-state index contributed by atoms with van der Waals surface area (Å²) in [6, 6.07) is 6.62. The van der Waals surface area contributed by atoms with Crippen LogP contribution >= 0.6 is 0 Å². The summed E-state index contributed by atoms with van der Waals surface area (Å²) in [5.74, 6) is -0.0196. The molecule has 1 atom stereocenters. The van der Waals surface area contributed by atoms with Gasteiger partial charge in [0.15, 0.2) is 0 Å². The first-order valence-corrected chi connectivity index (χ1v) is 11.1. The summed E-state index contributed by atoms with van der Waals surface area (Å²) >= 11 is 0. The van der Waals surface area contributed by atoms with E-state index >= 15 is 0 Å². The fourth-order valence-electron chi connectivity index (χ4n) is 3.67. The molecule has 2 heterocycles. The van der Waals surface area contributed by atoms with Crippen LogP contribution in [0.15, 0.2) is 29.2 Å². The number of nitrogens with zero attached hydrogens (tertiary/aromatic N) is 3. The van der Waals surface area contributed by atoms with E-state index in [1.165, 1.54) is 16.4 Å². The summed E-state index contributed by atoms with van der Waals surface area (Å²) in [6.07, 6.45) is 0.997. The van der Waals surface area contributed by atoms with Gasteiger partial charge in [0, 0.05) is 64.0 Å². The van der Waals surface area contributed by atoms with Crippen molar-refractivity contribution in [2.24, 2.45) is 0 Å². The molecule has 7 nitrogen and oxygen atoms in total. The van der Waals surface area contributed by atoms with Crippen molar-refractivity contribution < 1.29 is 13.2 Å². The van der Waals surface area contributed by atoms with Crippen LogP contribution in [0.25, 0.3) is 0 Å². The van der Waals surface area contributed by atoms with Gasteiger partial charge >= 0.3 is 0 Å². The summed E-state index contributed by atoms with van der Waals surface area (Å²) in [7, 11) is -1.96. The molecular formula is C19H30N4O3S. The number of sulfonamides is 1. The van der Waals surface area contributed by atoms with Crippen molar-refractivity contribution in [1.29, 1.82) is 0 Å². The zero-order valence-corrected chi connectivity index (χ0v) is 17.2. The highest BCUT2D eigenvalue weighted by Crippen LogP contribution is 2.21. The van der Waals surface area contributed by atoms with E-state index in [0.717, 1.165) is 45.7 Å². The second-order valence-corrected chi connectivity index (χ2v) is 9.62. The minimum absolute atomic E-state index is 0.0196. The molecule has 2 saturated heterocycles. The predicted octanol–water partition coefficient (Wildman–Crippen LogP) is 0.835. The van der Waals surface area contributed by atoms with Crippen molar-refractivity contribution in [2.75, 3.05) is 46.3 Å². The highest BCUT2D eigenvalue weighted by Gasteiger charge is 2.31. The second kappa shape index (κ2) is 8.26. The van der Waals surface area contributed by atoms with Crippen molar-refractivity contribution in [3.63, 3.8) is 0 Å². The summed E-state index contributed by atoms with van der Waals surface area (Å²) in [5.41, 5.74) is 0.544. The number of hydrogen-bond acceptors (Lipinski definition) is 5. The third-order valence-electron chi connectivity index (χ3n) is 5.62. The average Bonchev–Trinajstić information content (AvgIpc) is 3.17. The molecule has 1 aromatic carbocycles. The molecule has 2 aliphatic heterocycles. The Bertz CT molecular complexity index is 758. The van der Waals surface area contributed by atoms with Crippen LogP contribution in [-0.2, 0) is 10.0 Å². The smallest absolute Gasteiger partial charge is 0.253 e. The topological polar surface area (TPSA) is 73.0 Å². The van der Waals surface area contributed by atoms with Crippen molar-refractivity contribution in [1.82, 2.24) is 19.4 Å². The van der Waals surface area contributed by atoms with Crippen molar-refractivity contribution in [2.45, 2.75) is 37.2 Å². The third-order valence-corrected chi connectivity index (χ3v) is 7.67. The molecule has 0 spiro atoms. The molecule has 0 radical (unpaired) electrons. The average molecular weight is 395 g/mol. The number of rotatable bonds is 5. The molecule has 0 bridgehead atoms. The lowest BCUT2D eigenvalue weighted by Crippen LogP contribution is -2.49. The van der Waals surface area contributed by atoms with E-state index in [-0.39, 0.29) is 16.8 Å². The molecule has 0 aliphatic carbocycles. The van der Waals surface area contributed by atoms with Crippen molar-refractivity contribution in [3.8, 4) is 0 Å². The van der Waals surface area contributed by atoms with Crippen LogP contribution in [0.5, 0.6) is 0 Å². The summed E-state index contributed by atoms with van der Waals surface area (Å²) in [4.78, 5) is 17.4. The first-order chi connectivity index (χ1) is 12.8. The highest BCUT2D eigenvalue weighted by atomic mass is 32.2. The van der Waals surface area contributed by atoms with E-state index < -0.39 is 10.0 Å². The lowest BCUT2D eigenvalue weighted by Gasteiger charge is -2.32. The van der Waals surface area contributed by atoms with Crippen molar-refractivity contribution >= 4 is 15.9 Å². The normalized spacial score (nSPS) is 22.0. The van der Waals surface area contributed by atoms with E-state index in [1.54, 1.807) is 19.2 Å². The van der Waals surface area contributed by atoms with E-state index in [1.807, 2.05) is 18.7 Å². The van der Waals surface area contributed by atoms with Crippen LogP contribution < -0.4 is 5.32 Å². The van der Waals surface area contributed by atoms with Crippen LogP contribution in [0.1, 0.15) is 30.6 Å². The minimum Gasteiger partial charge on any atom is -0.337 e. The van der Waals surface area contributed by atoms with E-state index in [9.17, 15) is 13.2 Å². The van der Waals surface area contributed by atoms with Crippen LogP contribution in [0.4, 0.5) is 0 Å². The largest absolute Gasteiger partial charge is 0.337 e. The molecule has 1 aromatic rings. The molecule has 0 aromatic heterocycles. The number of amides is 1. The van der Waals surface area contributed by atoms with Gasteiger partial charge in [0.2, 0.25) is 10.0 Å². The van der Waals surface area contributed by atoms with Gasteiger partial charge in [-0.05, 0) is 44.5 Å². The quantitative estimate of drug-likeness (QED) is 0.801. The molecule has 1 unspecified atom stereocenters. The maximum absolute atomic E-state index is 12.8. The Labute approximate surface area is 162 Å². The maximum atomic E-state index is 12.8. The number of nitrogens with one attached hydrogen (secondary N) is 1. The molecule has 3 rings (SSSR count). The van der Waals surface area contributed by atoms with Gasteiger partial charge in [0.1, 0.15) is 0 Å². The molecule has 0 saturated carbocycles. The van der Waals surface area contributed by atoms with Gasteiger partial charge in [0.05, 0.1) is 4.90 Å². The van der Waals surface area contributed by atoms with Gasteiger partial charge in [-0.2, -0.15) is 4.31 Å². The summed E-state index contributed by atoms with van der Waals surface area (Å²) < 4.78 is 26.4. The standard InChI is InChI=1S/C19H30N4O3S/c1-15(2)21(3)27(25,26)18-6-4-16(5-7-18)19(24)23-11-8-17(14-23)22-12-9-20-10-13-22/h4-7,15,17,20H,8-14H2,1-3H3. The Kier molecular flexibility index (Phi) is 6.20. The second-order valence-electron chi connectivity index (χ2n) is 7.62.